The molecule has 1 aliphatic rings. The SMILES string of the molecule is Cc1cc(CC(=O)Nc2cc(C(=O)NCc3ccc4c(c3)NC(=O)CO4)ncn2)ccc1C(=O)O. The summed E-state index contributed by atoms with van der Waals surface area (Å²) in [7, 11) is 0. The average molecular weight is 475 g/mol. The summed E-state index contributed by atoms with van der Waals surface area (Å²) in [6.07, 6.45) is 1.17. The van der Waals surface area contributed by atoms with E-state index in [0.717, 1.165) is 5.56 Å². The van der Waals surface area contributed by atoms with Crippen LogP contribution in [0.1, 0.15) is 37.5 Å². The van der Waals surface area contributed by atoms with Crippen molar-refractivity contribution >= 4 is 35.2 Å². The van der Waals surface area contributed by atoms with Crippen molar-refractivity contribution < 1.29 is 29.0 Å². The summed E-state index contributed by atoms with van der Waals surface area (Å²) in [5.41, 5.74) is 2.71. The molecule has 1 aliphatic heterocycles. The first-order valence-electron chi connectivity index (χ1n) is 10.6. The molecule has 3 amide bonds. The summed E-state index contributed by atoms with van der Waals surface area (Å²) in [5, 5.41) is 17.2. The Kier molecular flexibility index (Phi) is 6.67. The number of carboxylic acids is 1. The van der Waals surface area contributed by atoms with Gasteiger partial charge in [-0.25, -0.2) is 14.8 Å². The molecule has 0 unspecified atom stereocenters. The second-order valence-corrected chi connectivity index (χ2v) is 7.82. The molecule has 0 saturated heterocycles. The van der Waals surface area contributed by atoms with Crippen LogP contribution in [0, 0.1) is 6.92 Å². The third-order valence-corrected chi connectivity index (χ3v) is 5.18. The van der Waals surface area contributed by atoms with Crippen molar-refractivity contribution in [3.05, 3.63) is 76.7 Å². The van der Waals surface area contributed by atoms with Crippen LogP contribution < -0.4 is 20.7 Å². The first-order valence-corrected chi connectivity index (χ1v) is 10.6. The van der Waals surface area contributed by atoms with Gasteiger partial charge in [-0.05, 0) is 41.8 Å². The van der Waals surface area contributed by atoms with Gasteiger partial charge in [0.2, 0.25) is 5.91 Å². The fraction of sp³-hybridized carbons (Fsp3) is 0.167. The van der Waals surface area contributed by atoms with Gasteiger partial charge >= 0.3 is 5.97 Å². The van der Waals surface area contributed by atoms with Gasteiger partial charge in [0.25, 0.3) is 11.8 Å². The Balaban J connectivity index is 1.35. The molecule has 0 atom stereocenters. The van der Waals surface area contributed by atoms with Gasteiger partial charge < -0.3 is 25.8 Å². The van der Waals surface area contributed by atoms with E-state index >= 15 is 0 Å². The van der Waals surface area contributed by atoms with Crippen molar-refractivity contribution in [1.29, 1.82) is 0 Å². The molecule has 0 aliphatic carbocycles. The summed E-state index contributed by atoms with van der Waals surface area (Å²) in [5.74, 6) is -1.41. The van der Waals surface area contributed by atoms with Crippen molar-refractivity contribution in [1.82, 2.24) is 15.3 Å². The highest BCUT2D eigenvalue weighted by atomic mass is 16.5. The van der Waals surface area contributed by atoms with Crippen LogP contribution in [0.5, 0.6) is 5.75 Å². The third-order valence-electron chi connectivity index (χ3n) is 5.18. The van der Waals surface area contributed by atoms with Crippen LogP contribution in [0.4, 0.5) is 11.5 Å². The lowest BCUT2D eigenvalue weighted by atomic mass is 10.0. The van der Waals surface area contributed by atoms with Gasteiger partial charge in [-0.15, -0.1) is 0 Å². The van der Waals surface area contributed by atoms with E-state index < -0.39 is 11.9 Å². The highest BCUT2D eigenvalue weighted by Gasteiger charge is 2.17. The van der Waals surface area contributed by atoms with Crippen molar-refractivity contribution in [2.45, 2.75) is 19.9 Å². The fourth-order valence-corrected chi connectivity index (χ4v) is 3.51. The number of carbonyl (C=O) groups excluding carboxylic acids is 3. The first kappa shape index (κ1) is 23.4. The minimum atomic E-state index is -1.03. The molecule has 3 aromatic rings. The monoisotopic (exact) mass is 475 g/mol. The summed E-state index contributed by atoms with van der Waals surface area (Å²) in [6, 6.07) is 11.2. The number of nitrogens with zero attached hydrogens (tertiary/aromatic N) is 2. The molecule has 0 fully saturated rings. The maximum atomic E-state index is 12.6. The third kappa shape index (κ3) is 5.77. The number of aryl methyl sites for hydroxylation is 1. The number of anilines is 2. The van der Waals surface area contributed by atoms with Crippen molar-refractivity contribution in [3.8, 4) is 5.75 Å². The van der Waals surface area contributed by atoms with Gasteiger partial charge in [0.15, 0.2) is 6.61 Å². The Hall–Kier alpha value is -4.80. The van der Waals surface area contributed by atoms with Gasteiger partial charge in [0, 0.05) is 12.6 Å². The second kappa shape index (κ2) is 10.00. The molecular formula is C24H21N5O6. The van der Waals surface area contributed by atoms with E-state index in [4.69, 9.17) is 9.84 Å². The normalized spacial score (nSPS) is 12.1. The van der Waals surface area contributed by atoms with Gasteiger partial charge in [-0.2, -0.15) is 0 Å². The van der Waals surface area contributed by atoms with Gasteiger partial charge in [-0.1, -0.05) is 18.2 Å². The van der Waals surface area contributed by atoms with Crippen LogP contribution in [0.25, 0.3) is 0 Å². The van der Waals surface area contributed by atoms with Gasteiger partial charge in [0.1, 0.15) is 23.6 Å². The number of nitrogens with one attached hydrogen (secondary N) is 3. The lowest BCUT2D eigenvalue weighted by Gasteiger charge is -2.18. The molecule has 4 N–H and O–H groups in total. The molecule has 0 bridgehead atoms. The maximum absolute atomic E-state index is 12.6. The zero-order chi connectivity index (χ0) is 24.9. The van der Waals surface area contributed by atoms with E-state index in [2.05, 4.69) is 25.9 Å². The molecule has 11 heteroatoms. The number of hydrogen-bond acceptors (Lipinski definition) is 7. The smallest absolute Gasteiger partial charge is 0.335 e. The molecule has 0 radical (unpaired) electrons. The van der Waals surface area contributed by atoms with Crippen molar-refractivity contribution in [2.24, 2.45) is 0 Å². The van der Waals surface area contributed by atoms with Crippen molar-refractivity contribution in [2.75, 3.05) is 17.2 Å². The van der Waals surface area contributed by atoms with Gasteiger partial charge in [-0.3, -0.25) is 14.4 Å². The molecule has 0 spiro atoms. The Bertz CT molecular complexity index is 1340. The highest BCUT2D eigenvalue weighted by molar-refractivity contribution is 5.96. The van der Waals surface area contributed by atoms with E-state index in [1.54, 1.807) is 37.3 Å². The Morgan fingerprint density at radius 2 is 1.89 bits per heavy atom. The summed E-state index contributed by atoms with van der Waals surface area (Å²) in [4.78, 5) is 55.5. The number of fused-ring (bicyclic) bond motifs is 1. The number of aromatic nitrogens is 2. The number of hydrogen-bond donors (Lipinski definition) is 4. The molecule has 2 aromatic carbocycles. The minimum Gasteiger partial charge on any atom is -0.482 e. The molecule has 178 valence electrons. The lowest BCUT2D eigenvalue weighted by Crippen LogP contribution is -2.26. The molecule has 0 saturated carbocycles. The van der Waals surface area contributed by atoms with Crippen LogP contribution in [-0.2, 0) is 22.6 Å². The lowest BCUT2D eigenvalue weighted by molar-refractivity contribution is -0.118. The predicted octanol–water partition coefficient (Wildman–Crippen LogP) is 1.93. The van der Waals surface area contributed by atoms with E-state index in [1.807, 2.05) is 0 Å². The van der Waals surface area contributed by atoms with E-state index in [1.165, 1.54) is 18.5 Å². The number of benzene rings is 2. The first-order chi connectivity index (χ1) is 16.8. The standard InChI is InChI=1S/C24H21N5O6/c1-13-6-14(2-4-16(13)24(33)34)8-21(30)29-20-9-18(26-12-27-20)23(32)25-10-15-3-5-19-17(7-15)28-22(31)11-35-19/h2-7,9,12H,8,10-11H2,1H3,(H,25,32)(H,28,31)(H,33,34)(H,26,27,29,30). The molecular weight excluding hydrogens is 454 g/mol. The molecule has 11 nitrogen and oxygen atoms in total. The Morgan fingerprint density at radius 1 is 1.09 bits per heavy atom. The summed E-state index contributed by atoms with van der Waals surface area (Å²) < 4.78 is 5.31. The summed E-state index contributed by atoms with van der Waals surface area (Å²) in [6.45, 7) is 1.81. The number of ether oxygens (including phenoxy) is 1. The second-order valence-electron chi connectivity index (χ2n) is 7.82. The average Bonchev–Trinajstić information content (AvgIpc) is 2.82. The fourth-order valence-electron chi connectivity index (χ4n) is 3.51. The maximum Gasteiger partial charge on any atom is 0.335 e. The number of amides is 3. The molecule has 1 aromatic heterocycles. The zero-order valence-electron chi connectivity index (χ0n) is 18.6. The van der Waals surface area contributed by atoms with Crippen LogP contribution in [0.15, 0.2) is 48.8 Å². The number of carbonyl (C=O) groups is 4. The molecule has 35 heavy (non-hydrogen) atoms. The van der Waals surface area contributed by atoms with Gasteiger partial charge in [0.05, 0.1) is 17.7 Å². The van der Waals surface area contributed by atoms with Crippen LogP contribution in [0.2, 0.25) is 0 Å². The van der Waals surface area contributed by atoms with E-state index in [9.17, 15) is 19.2 Å². The predicted molar refractivity (Wildman–Crippen MR) is 124 cm³/mol. The van der Waals surface area contributed by atoms with E-state index in [-0.39, 0.29) is 48.5 Å². The van der Waals surface area contributed by atoms with Crippen LogP contribution >= 0.6 is 0 Å². The number of rotatable bonds is 7. The van der Waals surface area contributed by atoms with E-state index in [0.29, 0.717) is 22.6 Å². The van der Waals surface area contributed by atoms with Crippen LogP contribution in [-0.4, -0.2) is 45.4 Å². The molecule has 2 heterocycles. The molecule has 4 rings (SSSR count). The number of aromatic carboxylic acids is 1. The Labute approximate surface area is 199 Å². The quantitative estimate of drug-likeness (QED) is 0.403. The zero-order valence-corrected chi connectivity index (χ0v) is 18.6. The minimum absolute atomic E-state index is 0.00481. The summed E-state index contributed by atoms with van der Waals surface area (Å²) >= 11 is 0. The van der Waals surface area contributed by atoms with Crippen LogP contribution in [0.3, 0.4) is 0 Å². The largest absolute Gasteiger partial charge is 0.482 e. The van der Waals surface area contributed by atoms with Crippen molar-refractivity contribution in [3.63, 3.8) is 0 Å². The Morgan fingerprint density at radius 3 is 2.66 bits per heavy atom. The number of carboxylic acid groups (broad SMARTS) is 1. The highest BCUT2D eigenvalue weighted by Crippen LogP contribution is 2.28. The topological polar surface area (TPSA) is 160 Å².